The molecule has 6 heteroatoms. The Labute approximate surface area is 152 Å². The summed E-state index contributed by atoms with van der Waals surface area (Å²) in [6.45, 7) is 2.58. The van der Waals surface area contributed by atoms with Gasteiger partial charge in [-0.15, -0.1) is 0 Å². The largest absolute Gasteiger partial charge is 0.356 e. The Kier molecular flexibility index (Phi) is 5.75. The van der Waals surface area contributed by atoms with E-state index in [4.69, 9.17) is 16.9 Å². The van der Waals surface area contributed by atoms with Gasteiger partial charge in [0, 0.05) is 17.8 Å². The van der Waals surface area contributed by atoms with Crippen molar-refractivity contribution in [3.8, 4) is 6.07 Å². The van der Waals surface area contributed by atoms with Crippen LogP contribution in [-0.2, 0) is 0 Å². The molecule has 1 aliphatic heterocycles. The number of benzene rings is 1. The summed E-state index contributed by atoms with van der Waals surface area (Å²) in [4.78, 5) is 17.6. The molecule has 1 fully saturated rings. The highest BCUT2D eigenvalue weighted by Gasteiger charge is 2.23. The number of hydrogen-bond donors (Lipinski definition) is 2. The zero-order chi connectivity index (χ0) is 17.6. The smallest absolute Gasteiger partial charge is 0.267 e. The monoisotopic (exact) mass is 356 g/mol. The topological polar surface area (TPSA) is 71.9 Å². The number of amides is 1. The van der Waals surface area contributed by atoms with Crippen LogP contribution >= 0.6 is 11.6 Å². The Morgan fingerprint density at radius 1 is 1.28 bits per heavy atom. The molecule has 1 amide bonds. The van der Waals surface area contributed by atoms with Crippen molar-refractivity contribution in [1.29, 1.82) is 5.26 Å². The van der Waals surface area contributed by atoms with Gasteiger partial charge in [0.2, 0.25) is 0 Å². The van der Waals surface area contributed by atoms with E-state index in [0.29, 0.717) is 22.8 Å². The van der Waals surface area contributed by atoms with Gasteiger partial charge in [0.1, 0.15) is 11.8 Å². The van der Waals surface area contributed by atoms with E-state index in [2.05, 4.69) is 15.2 Å². The third-order valence-corrected chi connectivity index (χ3v) is 4.85. The van der Waals surface area contributed by atoms with Crippen molar-refractivity contribution in [3.63, 3.8) is 0 Å². The van der Waals surface area contributed by atoms with Gasteiger partial charge in [0.05, 0.1) is 11.6 Å². The normalized spacial score (nSPS) is 16.2. The number of nitriles is 1. The van der Waals surface area contributed by atoms with Crippen LogP contribution in [0.25, 0.3) is 0 Å². The number of piperidine rings is 1. The summed E-state index contributed by atoms with van der Waals surface area (Å²) in [7, 11) is 0. The molecule has 1 aromatic carbocycles. The van der Waals surface area contributed by atoms with E-state index in [1.807, 2.05) is 30.3 Å². The molecule has 2 N–H and O–H groups in total. The molecule has 2 aromatic rings. The van der Waals surface area contributed by atoms with Crippen LogP contribution < -0.4 is 5.32 Å². The first-order valence-electron chi connectivity index (χ1n) is 8.53. The van der Waals surface area contributed by atoms with Crippen LogP contribution in [0.5, 0.6) is 0 Å². The Bertz CT molecular complexity index is 756. The van der Waals surface area contributed by atoms with E-state index in [1.165, 1.54) is 25.5 Å². The molecule has 0 saturated carbocycles. The molecule has 5 nitrogen and oxygen atoms in total. The maximum absolute atomic E-state index is 12.4. The van der Waals surface area contributed by atoms with Crippen LogP contribution in [0.3, 0.4) is 0 Å². The number of H-pyrrole nitrogens is 1. The van der Waals surface area contributed by atoms with Crippen molar-refractivity contribution < 1.29 is 4.79 Å². The number of rotatable bonds is 5. The minimum Gasteiger partial charge on any atom is -0.356 e. The van der Waals surface area contributed by atoms with Gasteiger partial charge in [-0.3, -0.25) is 9.69 Å². The highest BCUT2D eigenvalue weighted by Crippen LogP contribution is 2.25. The zero-order valence-electron chi connectivity index (χ0n) is 14.0. The Balaban J connectivity index is 1.71. The molecule has 0 aliphatic carbocycles. The van der Waals surface area contributed by atoms with Gasteiger partial charge in [-0.1, -0.05) is 30.2 Å². The third-order valence-electron chi connectivity index (χ3n) is 4.60. The second kappa shape index (κ2) is 8.19. The summed E-state index contributed by atoms with van der Waals surface area (Å²) in [5.41, 5.74) is 2.01. The summed E-state index contributed by atoms with van der Waals surface area (Å²) in [5, 5.41) is 12.6. The summed E-state index contributed by atoms with van der Waals surface area (Å²) in [6.07, 6.45) is 5.16. The average Bonchev–Trinajstić information content (AvgIpc) is 3.13. The van der Waals surface area contributed by atoms with Gasteiger partial charge in [0.25, 0.3) is 5.91 Å². The lowest BCUT2D eigenvalue weighted by atomic mass is 10.0. The zero-order valence-corrected chi connectivity index (χ0v) is 14.7. The molecule has 1 unspecified atom stereocenters. The molecule has 130 valence electrons. The maximum Gasteiger partial charge on any atom is 0.267 e. The molecule has 0 bridgehead atoms. The molecular weight excluding hydrogens is 336 g/mol. The molecule has 25 heavy (non-hydrogen) atoms. The minimum atomic E-state index is -0.197. The van der Waals surface area contributed by atoms with Gasteiger partial charge < -0.3 is 10.3 Å². The average molecular weight is 357 g/mol. The lowest BCUT2D eigenvalue weighted by Crippen LogP contribution is -2.40. The number of carbonyl (C=O) groups excluding carboxylic acids is 1. The Hall–Kier alpha value is -2.29. The standard InChI is InChI=1S/C19H21ClN4O/c20-16-6-4-15(5-7-16)18(24-8-2-1-3-9-24)13-23-19(25)17-10-14(11-21)12-22-17/h4-7,10,12,18,22H,1-3,8-9,13H2,(H,23,25). The van der Waals surface area contributed by atoms with Crippen molar-refractivity contribution in [3.05, 3.63) is 58.4 Å². The SMILES string of the molecule is N#Cc1c[nH]c(C(=O)NCC(c2ccc(Cl)cc2)N2CCCCC2)c1. The van der Waals surface area contributed by atoms with Gasteiger partial charge in [-0.2, -0.15) is 5.26 Å². The van der Waals surface area contributed by atoms with E-state index < -0.39 is 0 Å². The van der Waals surface area contributed by atoms with E-state index in [-0.39, 0.29) is 11.9 Å². The minimum absolute atomic E-state index is 0.118. The molecule has 3 rings (SSSR count). The van der Waals surface area contributed by atoms with Gasteiger partial charge in [0.15, 0.2) is 0 Å². The van der Waals surface area contributed by atoms with E-state index in [9.17, 15) is 4.79 Å². The van der Waals surface area contributed by atoms with Crippen LogP contribution in [0.2, 0.25) is 5.02 Å². The predicted octanol–water partition coefficient (Wildman–Crippen LogP) is 3.50. The second-order valence-corrected chi connectivity index (χ2v) is 6.72. The lowest BCUT2D eigenvalue weighted by molar-refractivity contribution is 0.0920. The van der Waals surface area contributed by atoms with Gasteiger partial charge >= 0.3 is 0 Å². The molecular formula is C19H21ClN4O. The Morgan fingerprint density at radius 2 is 2.00 bits per heavy atom. The fourth-order valence-corrected chi connectivity index (χ4v) is 3.37. The van der Waals surface area contributed by atoms with Gasteiger partial charge in [-0.25, -0.2) is 0 Å². The summed E-state index contributed by atoms with van der Waals surface area (Å²) >= 11 is 6.01. The van der Waals surface area contributed by atoms with E-state index in [1.54, 1.807) is 6.07 Å². The first-order valence-corrected chi connectivity index (χ1v) is 8.91. The fraction of sp³-hybridized carbons (Fsp3) is 0.368. The van der Waals surface area contributed by atoms with Crippen molar-refractivity contribution in [1.82, 2.24) is 15.2 Å². The third kappa shape index (κ3) is 4.41. The lowest BCUT2D eigenvalue weighted by Gasteiger charge is -2.35. The molecule has 1 atom stereocenters. The van der Waals surface area contributed by atoms with E-state index >= 15 is 0 Å². The first kappa shape index (κ1) is 17.5. The number of nitrogens with one attached hydrogen (secondary N) is 2. The quantitative estimate of drug-likeness (QED) is 0.861. The molecule has 0 radical (unpaired) electrons. The number of likely N-dealkylation sites (tertiary alicyclic amines) is 1. The highest BCUT2D eigenvalue weighted by molar-refractivity contribution is 6.30. The van der Waals surface area contributed by atoms with Crippen LogP contribution in [-0.4, -0.2) is 35.4 Å². The number of carbonyl (C=O) groups is 1. The number of aromatic amines is 1. The van der Waals surface area contributed by atoms with Crippen LogP contribution in [0.1, 0.15) is 46.9 Å². The van der Waals surface area contributed by atoms with Crippen molar-refractivity contribution in [2.24, 2.45) is 0 Å². The van der Waals surface area contributed by atoms with Gasteiger partial charge in [-0.05, 0) is 49.7 Å². The fourth-order valence-electron chi connectivity index (χ4n) is 3.25. The van der Waals surface area contributed by atoms with Crippen molar-refractivity contribution >= 4 is 17.5 Å². The summed E-state index contributed by atoms with van der Waals surface area (Å²) < 4.78 is 0. The van der Waals surface area contributed by atoms with Crippen LogP contribution in [0.15, 0.2) is 36.5 Å². The van der Waals surface area contributed by atoms with Crippen molar-refractivity contribution in [2.45, 2.75) is 25.3 Å². The Morgan fingerprint density at radius 3 is 2.64 bits per heavy atom. The van der Waals surface area contributed by atoms with Crippen LogP contribution in [0, 0.1) is 11.3 Å². The molecule has 1 aromatic heterocycles. The molecule has 1 saturated heterocycles. The molecule has 2 heterocycles. The number of halogens is 1. The summed E-state index contributed by atoms with van der Waals surface area (Å²) in [5.74, 6) is -0.197. The maximum atomic E-state index is 12.4. The molecule has 0 spiro atoms. The predicted molar refractivity (Wildman–Crippen MR) is 97.5 cm³/mol. The highest BCUT2D eigenvalue weighted by atomic mass is 35.5. The number of aromatic nitrogens is 1. The summed E-state index contributed by atoms with van der Waals surface area (Å²) in [6, 6.07) is 11.5. The van der Waals surface area contributed by atoms with Crippen molar-refractivity contribution in [2.75, 3.05) is 19.6 Å². The number of hydrogen-bond acceptors (Lipinski definition) is 3. The number of nitrogens with zero attached hydrogens (tertiary/aromatic N) is 2. The molecule has 1 aliphatic rings. The van der Waals surface area contributed by atoms with E-state index in [0.717, 1.165) is 18.7 Å². The second-order valence-electron chi connectivity index (χ2n) is 6.29. The first-order chi connectivity index (χ1) is 12.2. The van der Waals surface area contributed by atoms with Crippen LogP contribution in [0.4, 0.5) is 0 Å².